The molecule has 0 spiro atoms. The van der Waals surface area contributed by atoms with Crippen LogP contribution in [0.2, 0.25) is 5.15 Å². The molecule has 94 valence electrons. The molecule has 0 aromatic carbocycles. The van der Waals surface area contributed by atoms with Gasteiger partial charge in [-0.05, 0) is 49.7 Å². The minimum Gasteiger partial charge on any atom is -0.366 e. The van der Waals surface area contributed by atoms with Crippen molar-refractivity contribution in [3.8, 4) is 0 Å². The Morgan fingerprint density at radius 2 is 1.94 bits per heavy atom. The van der Waals surface area contributed by atoms with E-state index in [-0.39, 0.29) is 0 Å². The van der Waals surface area contributed by atoms with Gasteiger partial charge < -0.3 is 5.32 Å². The maximum absolute atomic E-state index is 5.95. The van der Waals surface area contributed by atoms with Crippen LogP contribution < -0.4 is 5.32 Å². The molecule has 1 aromatic rings. The van der Waals surface area contributed by atoms with Crippen molar-refractivity contribution in [2.45, 2.75) is 53.0 Å². The van der Waals surface area contributed by atoms with Crippen LogP contribution in [0.3, 0.4) is 0 Å². The molecule has 3 nitrogen and oxygen atoms in total. The van der Waals surface area contributed by atoms with Crippen LogP contribution in [0.4, 0.5) is 5.82 Å². The Hall–Kier alpha value is -0.830. The Kier molecular flexibility index (Phi) is 3.30. The van der Waals surface area contributed by atoms with Gasteiger partial charge in [0.05, 0.1) is 0 Å². The third-order valence-corrected chi connectivity index (χ3v) is 4.13. The van der Waals surface area contributed by atoms with Crippen LogP contribution in [0, 0.1) is 19.3 Å². The summed E-state index contributed by atoms with van der Waals surface area (Å²) in [5, 5.41) is 12.1. The quantitative estimate of drug-likeness (QED) is 0.873. The minimum absolute atomic E-state index is 0.445. The third-order valence-electron chi connectivity index (χ3n) is 3.77. The third kappa shape index (κ3) is 2.71. The lowest BCUT2D eigenvalue weighted by atomic mass is 9.92. The molecule has 1 aliphatic carbocycles. The number of hydrogen-bond donors (Lipinski definition) is 1. The molecule has 17 heavy (non-hydrogen) atoms. The fourth-order valence-corrected chi connectivity index (χ4v) is 2.65. The molecule has 0 amide bonds. The van der Waals surface area contributed by atoms with Crippen LogP contribution in [0.15, 0.2) is 0 Å². The number of halogens is 1. The first-order chi connectivity index (χ1) is 7.89. The molecule has 0 aliphatic heterocycles. The Balaban J connectivity index is 2.13. The number of nitrogens with zero attached hydrogens (tertiary/aromatic N) is 2. The second-order valence-electron chi connectivity index (χ2n) is 5.84. The number of aromatic nitrogens is 2. The maximum atomic E-state index is 5.95. The largest absolute Gasteiger partial charge is 0.366 e. The zero-order valence-corrected chi connectivity index (χ0v) is 11.7. The van der Waals surface area contributed by atoms with Crippen LogP contribution in [0.1, 0.15) is 44.2 Å². The Bertz CT molecular complexity index is 429. The van der Waals surface area contributed by atoms with E-state index in [1.165, 1.54) is 19.3 Å². The molecule has 1 atom stereocenters. The van der Waals surface area contributed by atoms with Crippen LogP contribution >= 0.6 is 11.6 Å². The number of nitrogens with one attached hydrogen (secondary N) is 1. The second-order valence-corrected chi connectivity index (χ2v) is 6.20. The summed E-state index contributed by atoms with van der Waals surface area (Å²) in [5.74, 6) is 0.884. The van der Waals surface area contributed by atoms with Gasteiger partial charge in [-0.1, -0.05) is 25.4 Å². The van der Waals surface area contributed by atoms with Crippen molar-refractivity contribution < 1.29 is 0 Å². The highest BCUT2D eigenvalue weighted by Gasteiger charge is 2.31. The van der Waals surface area contributed by atoms with Gasteiger partial charge in [0, 0.05) is 6.04 Å². The fourth-order valence-electron chi connectivity index (χ4n) is 2.47. The summed E-state index contributed by atoms with van der Waals surface area (Å²) in [6.45, 7) is 8.66. The van der Waals surface area contributed by atoms with E-state index in [0.29, 0.717) is 16.6 Å². The van der Waals surface area contributed by atoms with E-state index in [1.807, 2.05) is 13.8 Å². The molecule has 1 heterocycles. The second kappa shape index (κ2) is 4.45. The number of rotatable bonds is 2. The monoisotopic (exact) mass is 253 g/mol. The highest BCUT2D eigenvalue weighted by Crippen LogP contribution is 2.38. The van der Waals surface area contributed by atoms with Crippen LogP contribution in [0.25, 0.3) is 0 Å². The maximum Gasteiger partial charge on any atom is 0.155 e. The molecule has 1 aromatic heterocycles. The lowest BCUT2D eigenvalue weighted by Crippen LogP contribution is -2.19. The zero-order valence-electron chi connectivity index (χ0n) is 11.0. The topological polar surface area (TPSA) is 37.8 Å². The van der Waals surface area contributed by atoms with Gasteiger partial charge in [0.2, 0.25) is 0 Å². The normalized spacial score (nSPS) is 22.8. The lowest BCUT2D eigenvalue weighted by molar-refractivity contribution is 0.378. The van der Waals surface area contributed by atoms with E-state index < -0.39 is 0 Å². The number of anilines is 1. The van der Waals surface area contributed by atoms with Gasteiger partial charge in [0.25, 0.3) is 0 Å². The summed E-state index contributed by atoms with van der Waals surface area (Å²) in [6.07, 6.45) is 3.66. The van der Waals surface area contributed by atoms with Crippen molar-refractivity contribution in [3.63, 3.8) is 0 Å². The van der Waals surface area contributed by atoms with Gasteiger partial charge in [-0.3, -0.25) is 0 Å². The van der Waals surface area contributed by atoms with Crippen molar-refractivity contribution in [3.05, 3.63) is 16.3 Å². The highest BCUT2D eigenvalue weighted by molar-refractivity contribution is 6.30. The molecule has 2 rings (SSSR count). The highest BCUT2D eigenvalue weighted by atomic mass is 35.5. The fraction of sp³-hybridized carbons (Fsp3) is 0.692. The van der Waals surface area contributed by atoms with E-state index in [2.05, 4.69) is 29.4 Å². The average Bonchev–Trinajstić information content (AvgIpc) is 2.59. The smallest absolute Gasteiger partial charge is 0.155 e. The van der Waals surface area contributed by atoms with Gasteiger partial charge in [-0.15, -0.1) is 10.2 Å². The standard InChI is InChI=1S/C13H20ClN3/c1-8-9(2)12(17-16-11(8)14)15-10-5-6-13(3,4)7-10/h10H,5-7H2,1-4H3,(H,15,17). The molecular formula is C13H20ClN3. The predicted octanol–water partition coefficient (Wildman–Crippen LogP) is 3.74. The summed E-state index contributed by atoms with van der Waals surface area (Å²) in [6, 6.07) is 0.513. The Morgan fingerprint density at radius 3 is 2.53 bits per heavy atom. The summed E-state index contributed by atoms with van der Waals surface area (Å²) < 4.78 is 0. The molecule has 1 unspecified atom stereocenters. The van der Waals surface area contributed by atoms with E-state index in [9.17, 15) is 0 Å². The van der Waals surface area contributed by atoms with Gasteiger partial charge in [-0.2, -0.15) is 0 Å². The minimum atomic E-state index is 0.445. The van der Waals surface area contributed by atoms with Crippen molar-refractivity contribution in [1.29, 1.82) is 0 Å². The first-order valence-corrected chi connectivity index (χ1v) is 6.53. The zero-order chi connectivity index (χ0) is 12.6. The van der Waals surface area contributed by atoms with E-state index in [1.54, 1.807) is 0 Å². The molecule has 0 bridgehead atoms. The van der Waals surface area contributed by atoms with Gasteiger partial charge in [0.1, 0.15) is 0 Å². The molecular weight excluding hydrogens is 234 g/mol. The lowest BCUT2D eigenvalue weighted by Gasteiger charge is -2.19. The molecule has 4 heteroatoms. The molecule has 1 aliphatic rings. The molecule has 0 radical (unpaired) electrons. The predicted molar refractivity (Wildman–Crippen MR) is 71.6 cm³/mol. The Morgan fingerprint density at radius 1 is 1.24 bits per heavy atom. The number of hydrogen-bond acceptors (Lipinski definition) is 3. The van der Waals surface area contributed by atoms with Crippen molar-refractivity contribution in [2.24, 2.45) is 5.41 Å². The average molecular weight is 254 g/mol. The van der Waals surface area contributed by atoms with Crippen LogP contribution in [-0.2, 0) is 0 Å². The van der Waals surface area contributed by atoms with E-state index in [4.69, 9.17) is 11.6 Å². The molecule has 1 saturated carbocycles. The van der Waals surface area contributed by atoms with Crippen molar-refractivity contribution >= 4 is 17.4 Å². The van der Waals surface area contributed by atoms with E-state index in [0.717, 1.165) is 16.9 Å². The van der Waals surface area contributed by atoms with Crippen LogP contribution in [-0.4, -0.2) is 16.2 Å². The first kappa shape index (κ1) is 12.6. The first-order valence-electron chi connectivity index (χ1n) is 6.15. The van der Waals surface area contributed by atoms with Gasteiger partial charge in [-0.25, -0.2) is 0 Å². The van der Waals surface area contributed by atoms with Crippen molar-refractivity contribution in [2.75, 3.05) is 5.32 Å². The van der Waals surface area contributed by atoms with E-state index >= 15 is 0 Å². The van der Waals surface area contributed by atoms with Gasteiger partial charge >= 0.3 is 0 Å². The molecule has 0 saturated heterocycles. The molecule has 1 fully saturated rings. The Labute approximate surface area is 108 Å². The summed E-state index contributed by atoms with van der Waals surface area (Å²) >= 11 is 5.95. The SMILES string of the molecule is Cc1c(Cl)nnc(NC2CCC(C)(C)C2)c1C. The van der Waals surface area contributed by atoms with Crippen LogP contribution in [0.5, 0.6) is 0 Å². The van der Waals surface area contributed by atoms with Crippen molar-refractivity contribution in [1.82, 2.24) is 10.2 Å². The molecule has 1 N–H and O–H groups in total. The summed E-state index contributed by atoms with van der Waals surface area (Å²) in [7, 11) is 0. The summed E-state index contributed by atoms with van der Waals surface area (Å²) in [4.78, 5) is 0. The summed E-state index contributed by atoms with van der Waals surface area (Å²) in [5.41, 5.74) is 2.57. The van der Waals surface area contributed by atoms with Gasteiger partial charge in [0.15, 0.2) is 11.0 Å².